The van der Waals surface area contributed by atoms with Crippen molar-refractivity contribution in [1.82, 2.24) is 20.0 Å². The van der Waals surface area contributed by atoms with E-state index >= 15 is 0 Å². The quantitative estimate of drug-likeness (QED) is 0.0623. The number of halogens is 3. The maximum atomic E-state index is 5.81. The zero-order valence-corrected chi connectivity index (χ0v) is 35.5. The number of aromatic amines is 1. The Morgan fingerprint density at radius 1 is 0.804 bits per heavy atom. The molecule has 13 heteroatoms. The van der Waals surface area contributed by atoms with Gasteiger partial charge in [0.25, 0.3) is 0 Å². The van der Waals surface area contributed by atoms with Crippen LogP contribution in [0.4, 0.5) is 0 Å². The summed E-state index contributed by atoms with van der Waals surface area (Å²) < 4.78 is 26.1. The molecular weight excluding hydrogens is 862 g/mol. The van der Waals surface area contributed by atoms with Crippen molar-refractivity contribution in [2.24, 2.45) is 0 Å². The number of benzene rings is 2. The van der Waals surface area contributed by atoms with E-state index in [0.29, 0.717) is 12.8 Å². The van der Waals surface area contributed by atoms with Crippen molar-refractivity contribution < 1.29 is 18.9 Å². The summed E-state index contributed by atoms with van der Waals surface area (Å²) in [5.41, 5.74) is 2.07. The fourth-order valence-electron chi connectivity index (χ4n) is 3.83. The van der Waals surface area contributed by atoms with E-state index in [9.17, 15) is 0 Å². The third-order valence-electron chi connectivity index (χ3n) is 6.18. The van der Waals surface area contributed by atoms with Crippen LogP contribution in [-0.2, 0) is 16.2 Å². The fourth-order valence-corrected chi connectivity index (χ4v) is 6.70. The molecule has 2 heterocycles. The molecule has 0 radical (unpaired) electrons. The molecule has 1 N–H and O–H groups in total. The minimum absolute atomic E-state index is 0. The van der Waals surface area contributed by atoms with E-state index in [1.807, 2.05) is 56.6 Å². The van der Waals surface area contributed by atoms with Crippen LogP contribution in [-0.4, -0.2) is 67.6 Å². The second kappa shape index (κ2) is 20.6. The molecule has 2 aromatic heterocycles. The number of alkyl halides is 1. The molecule has 0 bridgehead atoms. The van der Waals surface area contributed by atoms with Crippen LogP contribution >= 0.6 is 56.8 Å². The topological polar surface area (TPSA) is 83.4 Å². The Labute approximate surface area is 311 Å². The number of nitrogens with zero attached hydrogens (tertiary/aromatic N) is 3. The van der Waals surface area contributed by atoms with E-state index in [4.69, 9.17) is 30.5 Å². The SMILES string of the molecule is C.CC(C)Oc1ccc2c(c1)c(I)nn2COCC[Si](C)(C)C.CC(C)Oc1ccc2n[nH]c(I)c2c1.C[Si](C)(C)CCOCCl. The van der Waals surface area contributed by atoms with E-state index in [1.54, 1.807) is 0 Å². The van der Waals surface area contributed by atoms with Gasteiger partial charge >= 0.3 is 0 Å². The largest absolute Gasteiger partial charge is 0.491 e. The molecule has 4 rings (SSSR count). The minimum atomic E-state index is -1.04. The zero-order chi connectivity index (χ0) is 33.8. The first-order valence-corrected chi connectivity index (χ1v) is 25.4. The molecule has 0 saturated heterocycles. The summed E-state index contributed by atoms with van der Waals surface area (Å²) in [4.78, 5) is 0. The zero-order valence-electron chi connectivity index (χ0n) is 28.5. The molecule has 260 valence electrons. The number of H-pyrrole nitrogens is 1. The number of hydrogen-bond acceptors (Lipinski definition) is 6. The standard InChI is InChI=1S/C16H25IN2O2Si.C10H11IN2O.C6H15ClOSi.CH4/c1-12(2)21-13-6-7-15-14(10-13)16(17)18-19(15)11-20-8-9-22(3,4)5;1-6(2)14-7-3-4-9-8(5-7)10(11)13-12-9;1-9(2,3)5-4-8-6-7;/h6-7,10,12H,8-9,11H2,1-5H3;3-6H,1-2H3,(H,12,13);4-6H2,1-3H3;1H4. The Morgan fingerprint density at radius 2 is 1.33 bits per heavy atom. The Kier molecular flexibility index (Phi) is 19.3. The average molecular weight is 917 g/mol. The molecule has 0 fully saturated rings. The molecule has 2 aromatic carbocycles. The van der Waals surface area contributed by atoms with Crippen molar-refractivity contribution in [3.8, 4) is 11.5 Å². The van der Waals surface area contributed by atoms with Gasteiger partial charge in [0.1, 0.15) is 31.7 Å². The van der Waals surface area contributed by atoms with Crippen LogP contribution in [0.15, 0.2) is 36.4 Å². The second-order valence-corrected chi connectivity index (χ2v) is 27.3. The molecule has 0 saturated carbocycles. The van der Waals surface area contributed by atoms with E-state index in [2.05, 4.69) is 112 Å². The summed E-state index contributed by atoms with van der Waals surface area (Å²) in [5.74, 6) is 1.78. The molecule has 8 nitrogen and oxygen atoms in total. The van der Waals surface area contributed by atoms with Crippen molar-refractivity contribution in [2.75, 3.05) is 19.3 Å². The first kappa shape index (κ1) is 43.1. The van der Waals surface area contributed by atoms with Gasteiger partial charge in [-0.3, -0.25) is 5.10 Å². The summed E-state index contributed by atoms with van der Waals surface area (Å²) >= 11 is 9.82. The predicted octanol–water partition coefficient (Wildman–Crippen LogP) is 10.9. The highest BCUT2D eigenvalue weighted by atomic mass is 127. The van der Waals surface area contributed by atoms with Crippen molar-refractivity contribution in [1.29, 1.82) is 0 Å². The van der Waals surface area contributed by atoms with Crippen molar-refractivity contribution in [3.63, 3.8) is 0 Å². The summed E-state index contributed by atoms with van der Waals surface area (Å²) in [6, 6.07) is 14.8. The third kappa shape index (κ3) is 16.5. The second-order valence-electron chi connectivity index (χ2n) is 13.7. The average Bonchev–Trinajstić information content (AvgIpc) is 3.44. The number of hydrogen-bond donors (Lipinski definition) is 1. The Balaban J connectivity index is 0.000000378. The molecule has 0 amide bonds. The number of rotatable bonds is 13. The highest BCUT2D eigenvalue weighted by Gasteiger charge is 2.14. The van der Waals surface area contributed by atoms with Gasteiger partial charge in [0.05, 0.1) is 23.2 Å². The van der Waals surface area contributed by atoms with Gasteiger partial charge in [0.2, 0.25) is 0 Å². The molecule has 0 aliphatic heterocycles. The summed E-state index contributed by atoms with van der Waals surface area (Å²) in [7, 11) is -1.92. The lowest BCUT2D eigenvalue weighted by molar-refractivity contribution is 0.0814. The van der Waals surface area contributed by atoms with Crippen LogP contribution in [0.3, 0.4) is 0 Å². The van der Waals surface area contributed by atoms with Crippen LogP contribution in [0.1, 0.15) is 35.1 Å². The van der Waals surface area contributed by atoms with Crippen molar-refractivity contribution >= 4 is 94.7 Å². The van der Waals surface area contributed by atoms with Gasteiger partial charge in [0.15, 0.2) is 0 Å². The van der Waals surface area contributed by atoms with Gasteiger partial charge in [-0.1, -0.05) is 58.3 Å². The van der Waals surface area contributed by atoms with Crippen LogP contribution in [0.5, 0.6) is 11.5 Å². The summed E-state index contributed by atoms with van der Waals surface area (Å²) in [6.07, 6.45) is 0.382. The molecule has 0 atom stereocenters. The number of ether oxygens (including phenoxy) is 4. The molecule has 4 aromatic rings. The third-order valence-corrected chi connectivity index (χ3v) is 11.4. The van der Waals surface area contributed by atoms with Gasteiger partial charge in [0, 0.05) is 40.1 Å². The lowest BCUT2D eigenvalue weighted by atomic mass is 10.2. The molecule has 0 spiro atoms. The van der Waals surface area contributed by atoms with E-state index < -0.39 is 16.1 Å². The maximum absolute atomic E-state index is 5.81. The van der Waals surface area contributed by atoms with Gasteiger partial charge < -0.3 is 18.9 Å². The first-order chi connectivity index (χ1) is 21.0. The maximum Gasteiger partial charge on any atom is 0.140 e. The first-order valence-electron chi connectivity index (χ1n) is 15.3. The highest BCUT2D eigenvalue weighted by molar-refractivity contribution is 14.1. The fraction of sp³-hybridized carbons (Fsp3) is 0.576. The monoisotopic (exact) mass is 916 g/mol. The van der Waals surface area contributed by atoms with Crippen molar-refractivity contribution in [2.45, 2.75) is 105 Å². The van der Waals surface area contributed by atoms with E-state index in [-0.39, 0.29) is 19.6 Å². The van der Waals surface area contributed by atoms with Gasteiger partial charge in [-0.2, -0.15) is 10.2 Å². The molecule has 0 unspecified atom stereocenters. The number of nitrogens with one attached hydrogen (secondary N) is 1. The number of aromatic nitrogens is 4. The smallest absolute Gasteiger partial charge is 0.140 e. The van der Waals surface area contributed by atoms with Crippen molar-refractivity contribution in [3.05, 3.63) is 43.8 Å². The predicted molar refractivity (Wildman–Crippen MR) is 218 cm³/mol. The van der Waals surface area contributed by atoms with Crippen LogP contribution in [0, 0.1) is 7.40 Å². The lowest BCUT2D eigenvalue weighted by Crippen LogP contribution is -2.22. The number of fused-ring (bicyclic) bond motifs is 2. The Bertz CT molecular complexity index is 1450. The van der Waals surface area contributed by atoms with Crippen LogP contribution in [0.2, 0.25) is 51.4 Å². The van der Waals surface area contributed by atoms with Gasteiger partial charge in [-0.15, -0.1) is 0 Å². The van der Waals surface area contributed by atoms with Crippen LogP contribution in [0.25, 0.3) is 21.8 Å². The van der Waals surface area contributed by atoms with Gasteiger partial charge in [-0.25, -0.2) is 4.68 Å². The van der Waals surface area contributed by atoms with Crippen LogP contribution < -0.4 is 9.47 Å². The Morgan fingerprint density at radius 3 is 1.85 bits per heavy atom. The van der Waals surface area contributed by atoms with E-state index in [0.717, 1.165) is 53.9 Å². The molecule has 0 aliphatic rings. The lowest BCUT2D eigenvalue weighted by Gasteiger charge is -2.15. The summed E-state index contributed by atoms with van der Waals surface area (Å²) in [5, 5.41) is 13.9. The minimum Gasteiger partial charge on any atom is -0.491 e. The summed E-state index contributed by atoms with van der Waals surface area (Å²) in [6.45, 7) is 24.3. The molecule has 46 heavy (non-hydrogen) atoms. The van der Waals surface area contributed by atoms with Gasteiger partial charge in [-0.05, 0) is 121 Å². The normalized spacial score (nSPS) is 11.6. The molecule has 0 aliphatic carbocycles. The van der Waals surface area contributed by atoms with E-state index in [1.165, 1.54) is 12.1 Å². The molecular formula is C33H55ClI2N4O4Si2. The Hall–Kier alpha value is -0.916. The highest BCUT2D eigenvalue weighted by Crippen LogP contribution is 2.26.